The number of nitrogens with zero attached hydrogens (tertiary/aromatic N) is 2. The van der Waals surface area contributed by atoms with E-state index in [1.165, 1.54) is 26.3 Å². The van der Waals surface area contributed by atoms with Crippen molar-refractivity contribution in [1.29, 1.82) is 0 Å². The van der Waals surface area contributed by atoms with Gasteiger partial charge in [-0.05, 0) is 58.4 Å². The molecule has 8 heteroatoms. The molecule has 0 heterocycles. The van der Waals surface area contributed by atoms with Crippen molar-refractivity contribution in [1.82, 2.24) is 0 Å². The van der Waals surface area contributed by atoms with Crippen LogP contribution in [-0.2, 0) is 20.4 Å². The summed E-state index contributed by atoms with van der Waals surface area (Å²) in [7, 11) is 0. The van der Waals surface area contributed by atoms with Crippen molar-refractivity contribution in [2.75, 3.05) is 10.6 Å². The predicted octanol–water partition coefficient (Wildman–Crippen LogP) is 7.11. The van der Waals surface area contributed by atoms with Crippen LogP contribution in [0.5, 0.6) is 11.5 Å². The van der Waals surface area contributed by atoms with Crippen LogP contribution >= 0.6 is 0 Å². The van der Waals surface area contributed by atoms with Gasteiger partial charge in [0.2, 0.25) is 11.8 Å². The normalized spacial score (nSPS) is 12.2. The van der Waals surface area contributed by atoms with E-state index in [4.69, 9.17) is 0 Å². The molecule has 0 atom stereocenters. The van der Waals surface area contributed by atoms with Gasteiger partial charge in [-0.3, -0.25) is 19.6 Å². The van der Waals surface area contributed by atoms with Crippen molar-refractivity contribution >= 4 is 47.0 Å². The third-order valence-corrected chi connectivity index (χ3v) is 6.20. The van der Waals surface area contributed by atoms with Crippen LogP contribution in [0.15, 0.2) is 58.5 Å². The van der Waals surface area contributed by atoms with E-state index >= 15 is 0 Å². The van der Waals surface area contributed by atoms with E-state index in [0.29, 0.717) is 33.9 Å². The molecule has 8 nitrogen and oxygen atoms in total. The van der Waals surface area contributed by atoms with E-state index in [2.05, 4.69) is 20.6 Å². The van der Waals surface area contributed by atoms with Gasteiger partial charge in [-0.25, -0.2) is 0 Å². The van der Waals surface area contributed by atoms with Crippen LogP contribution in [0.1, 0.15) is 77.6 Å². The zero-order valence-electron chi connectivity index (χ0n) is 24.4. The van der Waals surface area contributed by atoms with E-state index < -0.39 is 0 Å². The number of carbonyl (C=O) groups excluding carboxylic acids is 2. The molecular weight excluding hydrogens is 504 g/mol. The second kappa shape index (κ2) is 11.7. The van der Waals surface area contributed by atoms with Crippen LogP contribution in [0.25, 0.3) is 0 Å². The zero-order valence-corrected chi connectivity index (χ0v) is 24.4. The Hall–Kier alpha value is -4.46. The summed E-state index contributed by atoms with van der Waals surface area (Å²) in [5.41, 5.74) is 3.99. The fourth-order valence-electron chi connectivity index (χ4n) is 3.91. The molecule has 0 aromatic heterocycles. The maximum atomic E-state index is 11.7. The highest BCUT2D eigenvalue weighted by Crippen LogP contribution is 2.36. The predicted molar refractivity (Wildman–Crippen MR) is 163 cm³/mol. The van der Waals surface area contributed by atoms with Gasteiger partial charge in [-0.2, -0.15) is 0 Å². The second-order valence-corrected chi connectivity index (χ2v) is 11.8. The first-order chi connectivity index (χ1) is 18.6. The molecule has 3 aromatic carbocycles. The van der Waals surface area contributed by atoms with Gasteiger partial charge in [0.1, 0.15) is 11.5 Å². The smallest absolute Gasteiger partial charge is 0.221 e. The second-order valence-electron chi connectivity index (χ2n) is 11.8. The third kappa shape index (κ3) is 7.56. The minimum atomic E-state index is -0.288. The number of phenols is 2. The highest BCUT2D eigenvalue weighted by Gasteiger charge is 2.20. The molecule has 210 valence electrons. The molecule has 0 aliphatic heterocycles. The van der Waals surface area contributed by atoms with Gasteiger partial charge in [0.25, 0.3) is 0 Å². The van der Waals surface area contributed by atoms with Crippen LogP contribution < -0.4 is 10.6 Å². The lowest BCUT2D eigenvalue weighted by Crippen LogP contribution is -2.14. The Morgan fingerprint density at radius 2 is 1.02 bits per heavy atom. The number of benzene rings is 3. The Labute approximate surface area is 235 Å². The first-order valence-corrected chi connectivity index (χ1v) is 13.0. The quantitative estimate of drug-likeness (QED) is 0.196. The number of nitrogens with one attached hydrogen (secondary N) is 2. The maximum absolute atomic E-state index is 11.7. The van der Waals surface area contributed by atoms with Crippen LogP contribution in [0, 0.1) is 0 Å². The lowest BCUT2D eigenvalue weighted by molar-refractivity contribution is -0.115. The highest BCUT2D eigenvalue weighted by atomic mass is 16.3. The molecule has 0 fully saturated rings. The van der Waals surface area contributed by atoms with Gasteiger partial charge in [-0.15, -0.1) is 0 Å². The number of para-hydroxylation sites is 2. The van der Waals surface area contributed by atoms with Crippen LogP contribution in [-0.4, -0.2) is 34.5 Å². The minimum absolute atomic E-state index is 0.0812. The molecule has 3 aromatic rings. The monoisotopic (exact) mass is 542 g/mol. The van der Waals surface area contributed by atoms with E-state index in [1.54, 1.807) is 24.3 Å². The molecule has 0 saturated heterocycles. The Kier molecular flexibility index (Phi) is 8.83. The zero-order chi connectivity index (χ0) is 29.8. The number of aromatic hydroxyl groups is 2. The van der Waals surface area contributed by atoms with Crippen LogP contribution in [0.2, 0.25) is 0 Å². The van der Waals surface area contributed by atoms with Crippen molar-refractivity contribution in [3.8, 4) is 11.5 Å². The number of hydrogen-bond donors (Lipinski definition) is 4. The van der Waals surface area contributed by atoms with Gasteiger partial charge >= 0.3 is 0 Å². The highest BCUT2D eigenvalue weighted by molar-refractivity contribution is 5.97. The largest absolute Gasteiger partial charge is 0.505 e. The Morgan fingerprint density at radius 3 is 1.32 bits per heavy atom. The summed E-state index contributed by atoms with van der Waals surface area (Å²) in [6.45, 7) is 15.0. The lowest BCUT2D eigenvalue weighted by atomic mass is 9.85. The standard InChI is InChI=1S/C32H38N4O4/c1-19(37)35-27-15-23(31(3,4)5)13-21(29(27)39)17-33-25-11-9-10-12-26(25)34-18-22-14-24(32(6,7)8)16-28(30(22)40)36-20(2)38/h9-18,39-40H,1-8H3,(H,35,37)(H,36,38). The molecule has 2 amide bonds. The van der Waals surface area contributed by atoms with Crippen molar-refractivity contribution < 1.29 is 19.8 Å². The number of aliphatic imine (C=N–C) groups is 2. The molecule has 4 N–H and O–H groups in total. The van der Waals surface area contributed by atoms with E-state index in [9.17, 15) is 19.8 Å². The fourth-order valence-corrected chi connectivity index (χ4v) is 3.91. The SMILES string of the molecule is CC(=O)Nc1cc(C(C)(C)C)cc(C=Nc2ccccc2N=Cc2cc(C(C)(C)C)cc(NC(C)=O)c2O)c1O. The Morgan fingerprint density at radius 1 is 0.675 bits per heavy atom. The number of amides is 2. The van der Waals surface area contributed by atoms with Crippen molar-refractivity contribution in [3.05, 3.63) is 70.8 Å². The molecule has 0 aliphatic rings. The molecule has 3 rings (SSSR count). The number of anilines is 2. The topological polar surface area (TPSA) is 123 Å². The van der Waals surface area contributed by atoms with Crippen LogP contribution in [0.4, 0.5) is 22.7 Å². The number of phenolic OH excluding ortho intramolecular Hbond substituents is 2. The number of hydrogen-bond acceptors (Lipinski definition) is 6. The van der Waals surface area contributed by atoms with Crippen LogP contribution in [0.3, 0.4) is 0 Å². The summed E-state index contributed by atoms with van der Waals surface area (Å²) in [5.74, 6) is -0.738. The summed E-state index contributed by atoms with van der Waals surface area (Å²) < 4.78 is 0. The number of rotatable bonds is 6. The Balaban J connectivity index is 2.05. The summed E-state index contributed by atoms with van der Waals surface area (Å²) in [4.78, 5) is 32.6. The van der Waals surface area contributed by atoms with Crippen molar-refractivity contribution in [2.45, 2.75) is 66.2 Å². The summed E-state index contributed by atoms with van der Waals surface area (Å²) in [6, 6.07) is 14.4. The summed E-state index contributed by atoms with van der Waals surface area (Å²) in [5, 5.41) is 27.1. The third-order valence-electron chi connectivity index (χ3n) is 6.20. The van der Waals surface area contributed by atoms with E-state index in [0.717, 1.165) is 11.1 Å². The Bertz CT molecular complexity index is 1380. The van der Waals surface area contributed by atoms with Crippen molar-refractivity contribution in [3.63, 3.8) is 0 Å². The van der Waals surface area contributed by atoms with Gasteiger partial charge in [0.15, 0.2) is 0 Å². The molecular formula is C32H38N4O4. The molecule has 0 saturated carbocycles. The van der Waals surface area contributed by atoms with Gasteiger partial charge in [0, 0.05) is 37.4 Å². The molecule has 0 aliphatic carbocycles. The lowest BCUT2D eigenvalue weighted by Gasteiger charge is -2.22. The molecule has 40 heavy (non-hydrogen) atoms. The maximum Gasteiger partial charge on any atom is 0.221 e. The molecule has 0 spiro atoms. The van der Waals surface area contributed by atoms with E-state index in [1.807, 2.05) is 65.8 Å². The average molecular weight is 543 g/mol. The summed E-state index contributed by atoms with van der Waals surface area (Å²) >= 11 is 0. The first-order valence-electron chi connectivity index (χ1n) is 13.0. The fraction of sp³-hybridized carbons (Fsp3) is 0.312. The average Bonchev–Trinajstić information content (AvgIpc) is 2.83. The van der Waals surface area contributed by atoms with Gasteiger partial charge < -0.3 is 20.8 Å². The van der Waals surface area contributed by atoms with Crippen molar-refractivity contribution in [2.24, 2.45) is 9.98 Å². The molecule has 0 unspecified atom stereocenters. The minimum Gasteiger partial charge on any atom is -0.505 e. The first kappa shape index (κ1) is 30.1. The van der Waals surface area contributed by atoms with Gasteiger partial charge in [-0.1, -0.05) is 53.7 Å². The molecule has 0 radical (unpaired) electrons. The van der Waals surface area contributed by atoms with E-state index in [-0.39, 0.29) is 34.1 Å². The number of carbonyl (C=O) groups is 2. The molecule has 0 bridgehead atoms. The van der Waals surface area contributed by atoms with Gasteiger partial charge in [0.05, 0.1) is 22.7 Å². The summed E-state index contributed by atoms with van der Waals surface area (Å²) in [6.07, 6.45) is 3.08.